The molecule has 2 rings (SSSR count). The number of alkyl halides is 2. The highest BCUT2D eigenvalue weighted by atomic mass is 32.2. The topological polar surface area (TPSA) is 89.3 Å². The third-order valence-corrected chi connectivity index (χ3v) is 5.00. The van der Waals surface area contributed by atoms with Crippen LogP contribution in [0.1, 0.15) is 25.7 Å². The van der Waals surface area contributed by atoms with Crippen molar-refractivity contribution in [1.82, 2.24) is 0 Å². The van der Waals surface area contributed by atoms with E-state index in [2.05, 4.69) is 5.32 Å². The number of carbonyl (C=O) groups is 1. The lowest BCUT2D eigenvalue weighted by Crippen LogP contribution is -2.49. The van der Waals surface area contributed by atoms with Crippen molar-refractivity contribution in [3.05, 3.63) is 24.3 Å². The van der Waals surface area contributed by atoms with Gasteiger partial charge in [-0.1, -0.05) is 12.1 Å². The van der Waals surface area contributed by atoms with Crippen molar-refractivity contribution in [2.75, 3.05) is 5.32 Å². The van der Waals surface area contributed by atoms with E-state index in [1.807, 2.05) is 0 Å². The van der Waals surface area contributed by atoms with Crippen molar-refractivity contribution in [1.29, 1.82) is 0 Å². The lowest BCUT2D eigenvalue weighted by Gasteiger charge is -2.37. The third kappa shape index (κ3) is 3.38. The number of halogens is 2. The van der Waals surface area contributed by atoms with Gasteiger partial charge >= 0.3 is 5.76 Å². The van der Waals surface area contributed by atoms with Gasteiger partial charge in [0.25, 0.3) is 0 Å². The van der Waals surface area contributed by atoms with Gasteiger partial charge in [0.15, 0.2) is 0 Å². The van der Waals surface area contributed by atoms with E-state index in [9.17, 15) is 22.0 Å². The van der Waals surface area contributed by atoms with Gasteiger partial charge < -0.3 is 11.1 Å². The van der Waals surface area contributed by atoms with Crippen molar-refractivity contribution in [2.45, 2.75) is 41.9 Å². The predicted molar refractivity (Wildman–Crippen MR) is 73.6 cm³/mol. The molecule has 1 aliphatic rings. The van der Waals surface area contributed by atoms with E-state index in [1.54, 1.807) is 0 Å². The average Bonchev–Trinajstić information content (AvgIpc) is 2.37. The molecule has 0 heterocycles. The summed E-state index contributed by atoms with van der Waals surface area (Å²) in [6, 6.07) is 5.10. The Morgan fingerprint density at radius 3 is 2.48 bits per heavy atom. The fourth-order valence-electron chi connectivity index (χ4n) is 2.24. The maximum absolute atomic E-state index is 12.6. The number of anilines is 1. The molecule has 0 atom stereocenters. The summed E-state index contributed by atoms with van der Waals surface area (Å²) in [5.41, 5.74) is 5.21. The molecule has 1 aromatic carbocycles. The number of amides is 1. The first-order chi connectivity index (χ1) is 9.74. The molecule has 0 aromatic heterocycles. The number of benzene rings is 1. The molecule has 0 aliphatic heterocycles. The van der Waals surface area contributed by atoms with Gasteiger partial charge in [-0.3, -0.25) is 4.79 Å². The monoisotopic (exact) mass is 318 g/mol. The first kappa shape index (κ1) is 15.8. The van der Waals surface area contributed by atoms with E-state index < -0.39 is 31.9 Å². The van der Waals surface area contributed by atoms with Crippen LogP contribution in [0.3, 0.4) is 0 Å². The largest absolute Gasteiger partial charge is 0.341 e. The molecule has 5 nitrogen and oxygen atoms in total. The minimum Gasteiger partial charge on any atom is -0.325 e. The standard InChI is InChI=1S/C13H16F2N2O3S/c14-12(15)21(19,20)10-5-2-1-4-9(10)17-11(18)8-13(16)6-3-7-13/h1-2,4-5,12H,3,6-8,16H2,(H,17,18). The number of nitrogens with one attached hydrogen (secondary N) is 1. The number of rotatable bonds is 5. The third-order valence-electron chi connectivity index (χ3n) is 3.56. The van der Waals surface area contributed by atoms with Crippen molar-refractivity contribution in [3.8, 4) is 0 Å². The second kappa shape index (κ2) is 5.69. The summed E-state index contributed by atoms with van der Waals surface area (Å²) in [5, 5.41) is 2.36. The Morgan fingerprint density at radius 2 is 1.95 bits per heavy atom. The minimum absolute atomic E-state index is 0.0378. The van der Waals surface area contributed by atoms with Gasteiger partial charge in [-0.25, -0.2) is 8.42 Å². The Bertz CT molecular complexity index is 643. The molecule has 3 N–H and O–H groups in total. The highest BCUT2D eigenvalue weighted by Crippen LogP contribution is 2.33. The fourth-order valence-corrected chi connectivity index (χ4v) is 3.12. The SMILES string of the molecule is NC1(CC(=O)Nc2ccccc2S(=O)(=O)C(F)F)CCC1. The van der Waals surface area contributed by atoms with Crippen LogP contribution in [-0.2, 0) is 14.6 Å². The van der Waals surface area contributed by atoms with E-state index in [0.29, 0.717) is 0 Å². The summed E-state index contributed by atoms with van der Waals surface area (Å²) in [5.74, 6) is -4.02. The summed E-state index contributed by atoms with van der Waals surface area (Å²) in [7, 11) is -4.77. The lowest BCUT2D eigenvalue weighted by molar-refractivity contribution is -0.118. The van der Waals surface area contributed by atoms with Crippen molar-refractivity contribution in [2.24, 2.45) is 5.73 Å². The number of nitrogens with two attached hydrogens (primary N) is 1. The van der Waals surface area contributed by atoms with E-state index in [-0.39, 0.29) is 12.1 Å². The van der Waals surface area contributed by atoms with Gasteiger partial charge in [-0.05, 0) is 31.4 Å². The Hall–Kier alpha value is -1.54. The molecular formula is C13H16F2N2O3S. The summed E-state index contributed by atoms with van der Waals surface area (Å²) in [4.78, 5) is 11.3. The molecule has 8 heteroatoms. The Balaban J connectivity index is 2.19. The van der Waals surface area contributed by atoms with Crippen LogP contribution >= 0.6 is 0 Å². The van der Waals surface area contributed by atoms with Crippen LogP contribution in [0.2, 0.25) is 0 Å². The second-order valence-electron chi connectivity index (χ2n) is 5.24. The highest BCUT2D eigenvalue weighted by molar-refractivity contribution is 7.91. The van der Waals surface area contributed by atoms with Crippen LogP contribution in [0, 0.1) is 0 Å². The lowest BCUT2D eigenvalue weighted by atomic mass is 9.75. The summed E-state index contributed by atoms with van der Waals surface area (Å²) in [6.07, 6.45) is 2.42. The van der Waals surface area contributed by atoms with Crippen LogP contribution in [0.4, 0.5) is 14.5 Å². The number of para-hydroxylation sites is 1. The molecular weight excluding hydrogens is 302 g/mol. The van der Waals surface area contributed by atoms with Gasteiger partial charge in [0, 0.05) is 12.0 Å². The molecule has 1 aromatic rings. The van der Waals surface area contributed by atoms with Gasteiger partial charge in [-0.15, -0.1) is 0 Å². The number of carbonyl (C=O) groups excluding carboxylic acids is 1. The van der Waals surface area contributed by atoms with E-state index in [4.69, 9.17) is 5.73 Å². The summed E-state index contributed by atoms with van der Waals surface area (Å²) < 4.78 is 48.4. The molecule has 1 saturated carbocycles. The van der Waals surface area contributed by atoms with E-state index >= 15 is 0 Å². The molecule has 1 aliphatic carbocycles. The van der Waals surface area contributed by atoms with Crippen molar-refractivity contribution in [3.63, 3.8) is 0 Å². The molecule has 0 bridgehead atoms. The molecule has 21 heavy (non-hydrogen) atoms. The average molecular weight is 318 g/mol. The molecule has 0 spiro atoms. The Kier molecular flexibility index (Phi) is 4.29. The Morgan fingerprint density at radius 1 is 1.33 bits per heavy atom. The van der Waals surface area contributed by atoms with Crippen LogP contribution in [0.25, 0.3) is 0 Å². The van der Waals surface area contributed by atoms with Crippen molar-refractivity contribution >= 4 is 21.4 Å². The maximum Gasteiger partial charge on any atom is 0.341 e. The van der Waals surface area contributed by atoms with Gasteiger partial charge in [-0.2, -0.15) is 8.78 Å². The molecule has 1 amide bonds. The zero-order chi connectivity index (χ0) is 15.7. The number of hydrogen-bond donors (Lipinski definition) is 2. The quantitative estimate of drug-likeness (QED) is 0.867. The van der Waals surface area contributed by atoms with Crippen LogP contribution in [-0.4, -0.2) is 25.6 Å². The van der Waals surface area contributed by atoms with Crippen LogP contribution < -0.4 is 11.1 Å². The van der Waals surface area contributed by atoms with E-state index in [0.717, 1.165) is 25.3 Å². The zero-order valence-corrected chi connectivity index (χ0v) is 12.0. The summed E-state index contributed by atoms with van der Waals surface area (Å²) >= 11 is 0. The van der Waals surface area contributed by atoms with Crippen LogP contribution in [0.15, 0.2) is 29.2 Å². The predicted octanol–water partition coefficient (Wildman–Crippen LogP) is 1.89. The minimum atomic E-state index is -4.77. The number of sulfone groups is 1. The molecule has 1 fully saturated rings. The highest BCUT2D eigenvalue weighted by Gasteiger charge is 2.35. The first-order valence-corrected chi connectivity index (χ1v) is 7.99. The fraction of sp³-hybridized carbons (Fsp3) is 0.462. The van der Waals surface area contributed by atoms with Gasteiger partial charge in [0.05, 0.1) is 10.6 Å². The van der Waals surface area contributed by atoms with Crippen molar-refractivity contribution < 1.29 is 22.0 Å². The molecule has 116 valence electrons. The molecule has 0 unspecified atom stereocenters. The zero-order valence-electron chi connectivity index (χ0n) is 11.2. The molecule has 0 radical (unpaired) electrons. The number of hydrogen-bond acceptors (Lipinski definition) is 4. The van der Waals surface area contributed by atoms with Crippen LogP contribution in [0.5, 0.6) is 0 Å². The van der Waals surface area contributed by atoms with E-state index in [1.165, 1.54) is 18.2 Å². The van der Waals surface area contributed by atoms with Gasteiger partial charge in [0.2, 0.25) is 15.7 Å². The molecule has 0 saturated heterocycles. The van der Waals surface area contributed by atoms with Gasteiger partial charge in [0.1, 0.15) is 0 Å². The Labute approximate surface area is 121 Å². The summed E-state index contributed by atoms with van der Waals surface area (Å²) in [6.45, 7) is 0. The first-order valence-electron chi connectivity index (χ1n) is 6.44. The smallest absolute Gasteiger partial charge is 0.325 e. The second-order valence-corrected chi connectivity index (χ2v) is 7.13. The maximum atomic E-state index is 12.6. The normalized spacial score (nSPS) is 17.3.